The molecule has 4 heterocycles. The molecule has 0 spiro atoms. The van der Waals surface area contributed by atoms with Gasteiger partial charge < -0.3 is 30.0 Å². The van der Waals surface area contributed by atoms with Crippen LogP contribution in [0, 0.1) is 0 Å². The Morgan fingerprint density at radius 1 is 1.05 bits per heavy atom. The average Bonchev–Trinajstić information content (AvgIpc) is 3.52. The number of nitrogens with one attached hydrogen (secondary N) is 1. The number of benzene rings is 2. The van der Waals surface area contributed by atoms with Crippen molar-refractivity contribution in [2.45, 2.75) is 62.1 Å². The summed E-state index contributed by atoms with van der Waals surface area (Å²) in [4.78, 5) is 62.5. The number of hydrogen-bond acceptors (Lipinski definition) is 6. The molecule has 3 aliphatic heterocycles. The highest BCUT2D eigenvalue weighted by atomic mass is 32.1. The van der Waals surface area contributed by atoms with Gasteiger partial charge in [-0.05, 0) is 67.3 Å². The van der Waals surface area contributed by atoms with Crippen LogP contribution in [0.3, 0.4) is 0 Å². The first-order valence-electron chi connectivity index (χ1n) is 13.9. The molecule has 222 valence electrons. The molecule has 3 aromatic rings. The predicted octanol–water partition coefficient (Wildman–Crippen LogP) is 4.02. The van der Waals surface area contributed by atoms with Crippen molar-refractivity contribution in [1.82, 2.24) is 15.1 Å². The number of hydrogen-bond donors (Lipinski definition) is 4. The highest BCUT2D eigenvalue weighted by Gasteiger charge is 2.47. The molecule has 0 aliphatic carbocycles. The third kappa shape index (κ3) is 5.32. The second-order valence-corrected chi connectivity index (χ2v) is 14.0. The molecule has 1 aromatic heterocycles. The van der Waals surface area contributed by atoms with Gasteiger partial charge in [0.05, 0.1) is 4.88 Å². The van der Waals surface area contributed by atoms with Crippen LogP contribution in [0.2, 0.25) is 0 Å². The van der Waals surface area contributed by atoms with E-state index >= 15 is 0 Å². The molecular formula is C29H31FN3O7PS. The topological polar surface area (TPSA) is 147 Å². The average molecular weight is 616 g/mol. The number of carbonyl (C=O) groups excluding carboxylic acids is 3. The smallest absolute Gasteiger partial charge is 0.363 e. The van der Waals surface area contributed by atoms with Gasteiger partial charge in [0.15, 0.2) is 0 Å². The van der Waals surface area contributed by atoms with Crippen molar-refractivity contribution in [2.75, 3.05) is 13.1 Å². The zero-order chi connectivity index (χ0) is 29.8. The number of amides is 3. The number of nitrogens with zero attached hydrogens (tertiary/aromatic N) is 2. The molecule has 4 atom stereocenters. The van der Waals surface area contributed by atoms with E-state index in [1.807, 2.05) is 12.1 Å². The summed E-state index contributed by atoms with van der Waals surface area (Å²) in [7, 11) is -4.97. The third-order valence-corrected chi connectivity index (χ3v) is 10.6. The van der Waals surface area contributed by atoms with E-state index in [1.54, 1.807) is 21.9 Å². The first-order valence-corrected chi connectivity index (χ1v) is 16.4. The lowest BCUT2D eigenvalue weighted by atomic mass is 9.90. The summed E-state index contributed by atoms with van der Waals surface area (Å²) in [5.74, 6) is -3.06. The summed E-state index contributed by atoms with van der Waals surface area (Å²) in [5.41, 5.74) is 0.632. The number of halogens is 1. The molecule has 6 rings (SSSR count). The molecule has 3 amide bonds. The van der Waals surface area contributed by atoms with Crippen molar-refractivity contribution in [1.29, 1.82) is 0 Å². The highest BCUT2D eigenvalue weighted by Crippen LogP contribution is 2.53. The van der Waals surface area contributed by atoms with Crippen LogP contribution in [0.4, 0.5) is 4.39 Å². The van der Waals surface area contributed by atoms with Gasteiger partial charge in [0, 0.05) is 35.3 Å². The standard InChI is InChI=1S/C29H31FN3O7PS/c30-26(41(38,39)40)16-8-11-24-17(12-16)13-25(42-24)27(35)31-21-6-3-4-19-9-10-22(33(19)28(21)36)29(37)32-14-18(15-32)20-5-1-2-7-23(20)34/h1-2,5,7-8,11-13,18-19,21-22,26,34H,3-4,6,9-10,14-15H2,(H,31,35)(H2,38,39,40)/t19-,21-,22-,26?/m0/s1. The van der Waals surface area contributed by atoms with Gasteiger partial charge in [0.25, 0.3) is 5.91 Å². The maximum Gasteiger partial charge on any atom is 0.363 e. The van der Waals surface area contributed by atoms with E-state index in [9.17, 15) is 38.2 Å². The van der Waals surface area contributed by atoms with Crippen LogP contribution in [0.5, 0.6) is 5.75 Å². The SMILES string of the molecule is O=C(N[C@H]1CCC[C@H]2CC[C@@H](C(=O)N3CC(c4ccccc4O)C3)N2C1=O)c1cc2cc(C(F)P(=O)(O)O)ccc2s1. The van der Waals surface area contributed by atoms with Gasteiger partial charge in [-0.3, -0.25) is 18.9 Å². The minimum absolute atomic E-state index is 0.0455. The van der Waals surface area contributed by atoms with E-state index in [2.05, 4.69) is 5.32 Å². The number of rotatable bonds is 6. The number of phenols is 1. The van der Waals surface area contributed by atoms with E-state index in [0.29, 0.717) is 42.4 Å². The van der Waals surface area contributed by atoms with Crippen molar-refractivity contribution in [3.05, 3.63) is 64.5 Å². The van der Waals surface area contributed by atoms with Gasteiger partial charge in [-0.1, -0.05) is 24.3 Å². The summed E-state index contributed by atoms with van der Waals surface area (Å²) in [6, 6.07) is 11.3. The number of likely N-dealkylation sites (tertiary alicyclic amines) is 1. The molecule has 3 fully saturated rings. The summed E-state index contributed by atoms with van der Waals surface area (Å²) in [6.07, 6.45) is 3.20. The fourth-order valence-electron chi connectivity index (χ4n) is 6.38. The molecule has 0 bridgehead atoms. The van der Waals surface area contributed by atoms with Gasteiger partial charge in [-0.2, -0.15) is 0 Å². The van der Waals surface area contributed by atoms with Crippen molar-refractivity contribution < 1.29 is 38.2 Å². The van der Waals surface area contributed by atoms with E-state index in [-0.39, 0.29) is 40.0 Å². The van der Waals surface area contributed by atoms with E-state index < -0.39 is 31.5 Å². The number of para-hydroxylation sites is 1. The van der Waals surface area contributed by atoms with Gasteiger partial charge in [-0.25, -0.2) is 4.39 Å². The molecule has 0 radical (unpaired) electrons. The number of thiophene rings is 1. The normalized spacial score (nSPS) is 23.8. The van der Waals surface area contributed by atoms with Crippen LogP contribution in [0.25, 0.3) is 10.1 Å². The van der Waals surface area contributed by atoms with Gasteiger partial charge in [-0.15, -0.1) is 11.3 Å². The number of fused-ring (bicyclic) bond motifs is 2. The van der Waals surface area contributed by atoms with Gasteiger partial charge in [0.2, 0.25) is 17.7 Å². The Kier molecular flexibility index (Phi) is 7.59. The van der Waals surface area contributed by atoms with Crippen molar-refractivity contribution >= 4 is 46.7 Å². The van der Waals surface area contributed by atoms with Crippen LogP contribution in [-0.4, -0.2) is 73.6 Å². The fraction of sp³-hybridized carbons (Fsp3) is 0.414. The van der Waals surface area contributed by atoms with Crippen LogP contribution in [0.15, 0.2) is 48.5 Å². The molecule has 1 unspecified atom stereocenters. The summed E-state index contributed by atoms with van der Waals surface area (Å²) >= 11 is 1.13. The second-order valence-electron chi connectivity index (χ2n) is 11.3. The monoisotopic (exact) mass is 615 g/mol. The lowest BCUT2D eigenvalue weighted by Gasteiger charge is -2.42. The third-order valence-electron chi connectivity index (χ3n) is 8.58. The Labute approximate surface area is 245 Å². The van der Waals surface area contributed by atoms with Crippen LogP contribution in [0.1, 0.15) is 64.7 Å². The summed E-state index contributed by atoms with van der Waals surface area (Å²) < 4.78 is 26.2. The highest BCUT2D eigenvalue weighted by molar-refractivity contribution is 7.51. The second kappa shape index (κ2) is 11.1. The molecule has 10 nitrogen and oxygen atoms in total. The zero-order valence-electron chi connectivity index (χ0n) is 22.6. The van der Waals surface area contributed by atoms with E-state index in [4.69, 9.17) is 0 Å². The van der Waals surface area contributed by atoms with Crippen molar-refractivity contribution in [2.24, 2.45) is 0 Å². The van der Waals surface area contributed by atoms with E-state index in [1.165, 1.54) is 24.3 Å². The number of carbonyl (C=O) groups is 3. The molecule has 3 aliphatic rings. The largest absolute Gasteiger partial charge is 0.508 e. The quantitative estimate of drug-likeness (QED) is 0.306. The Morgan fingerprint density at radius 2 is 1.81 bits per heavy atom. The predicted molar refractivity (Wildman–Crippen MR) is 154 cm³/mol. The molecule has 4 N–H and O–H groups in total. The Hall–Kier alpha value is -3.31. The number of phenolic OH excluding ortho intramolecular Hbond substituents is 1. The van der Waals surface area contributed by atoms with Crippen molar-refractivity contribution in [3.8, 4) is 5.75 Å². The molecule has 0 saturated carbocycles. The first-order chi connectivity index (χ1) is 20.0. The maximum absolute atomic E-state index is 14.2. The Bertz CT molecular complexity index is 1600. The minimum atomic E-state index is -4.97. The van der Waals surface area contributed by atoms with Crippen molar-refractivity contribution in [3.63, 3.8) is 0 Å². The maximum atomic E-state index is 14.2. The number of aromatic hydroxyl groups is 1. The summed E-state index contributed by atoms with van der Waals surface area (Å²) in [6.45, 7) is 0.954. The van der Waals surface area contributed by atoms with Gasteiger partial charge in [0.1, 0.15) is 17.8 Å². The molecule has 2 aromatic carbocycles. The Morgan fingerprint density at radius 3 is 2.55 bits per heavy atom. The Balaban J connectivity index is 1.14. The molecule has 3 saturated heterocycles. The summed E-state index contributed by atoms with van der Waals surface area (Å²) in [5, 5.41) is 13.5. The lowest BCUT2D eigenvalue weighted by molar-refractivity contribution is -0.148. The van der Waals surface area contributed by atoms with Crippen LogP contribution < -0.4 is 5.32 Å². The first kappa shape index (κ1) is 28.8. The minimum Gasteiger partial charge on any atom is -0.508 e. The van der Waals surface area contributed by atoms with E-state index in [0.717, 1.165) is 29.7 Å². The molecular weight excluding hydrogens is 584 g/mol. The zero-order valence-corrected chi connectivity index (χ0v) is 24.3. The number of alkyl halides is 1. The molecule has 42 heavy (non-hydrogen) atoms. The van der Waals surface area contributed by atoms with Crippen LogP contribution >= 0.6 is 18.9 Å². The van der Waals surface area contributed by atoms with Gasteiger partial charge >= 0.3 is 7.60 Å². The lowest BCUT2D eigenvalue weighted by Crippen LogP contribution is -2.58. The fourth-order valence-corrected chi connectivity index (χ4v) is 7.88. The van der Waals surface area contributed by atoms with Crippen LogP contribution in [-0.2, 0) is 14.2 Å². The molecule has 13 heteroatoms.